The van der Waals surface area contributed by atoms with E-state index >= 15 is 0 Å². The highest BCUT2D eigenvalue weighted by atomic mass is 79.9. The molecule has 0 aliphatic heterocycles. The summed E-state index contributed by atoms with van der Waals surface area (Å²) in [6.45, 7) is 4.90. The van der Waals surface area contributed by atoms with E-state index in [2.05, 4.69) is 39.9 Å². The van der Waals surface area contributed by atoms with Crippen LogP contribution < -0.4 is 5.73 Å². The fourth-order valence-electron chi connectivity index (χ4n) is 2.29. The number of hydrogen-bond donors (Lipinski definition) is 1. The van der Waals surface area contributed by atoms with Crippen LogP contribution in [-0.4, -0.2) is 16.7 Å². The number of aromatic nitrogens is 2. The lowest BCUT2D eigenvalue weighted by molar-refractivity contribution is 0.332. The van der Waals surface area contributed by atoms with Crippen LogP contribution in [-0.2, 0) is 6.42 Å². The van der Waals surface area contributed by atoms with E-state index in [1.54, 1.807) is 6.07 Å². The van der Waals surface area contributed by atoms with Crippen LogP contribution in [0.3, 0.4) is 0 Å². The smallest absolute Gasteiger partial charge is 0.227 e. The summed E-state index contributed by atoms with van der Waals surface area (Å²) >= 11 is 3.37. The fraction of sp³-hybridized carbons (Fsp3) is 0.467. The van der Waals surface area contributed by atoms with E-state index < -0.39 is 0 Å². The molecule has 21 heavy (non-hydrogen) atoms. The number of hydrogen-bond acceptors (Lipinski definition) is 4. The number of nitrogens with zero attached hydrogens (tertiary/aromatic N) is 2. The first kappa shape index (κ1) is 16.1. The van der Waals surface area contributed by atoms with Gasteiger partial charge in [0.2, 0.25) is 11.7 Å². The molecule has 4 nitrogen and oxygen atoms in total. The first-order valence-electron chi connectivity index (χ1n) is 6.97. The molecule has 2 rings (SSSR count). The van der Waals surface area contributed by atoms with Gasteiger partial charge in [-0.25, -0.2) is 4.39 Å². The molecular formula is C15H19BrFN3O. The van der Waals surface area contributed by atoms with Crippen LogP contribution in [0.25, 0.3) is 11.4 Å². The summed E-state index contributed by atoms with van der Waals surface area (Å²) in [6, 6.07) is 4.39. The van der Waals surface area contributed by atoms with Gasteiger partial charge in [-0.15, -0.1) is 0 Å². The van der Waals surface area contributed by atoms with Crippen LogP contribution in [0.4, 0.5) is 4.39 Å². The average Bonchev–Trinajstić information content (AvgIpc) is 2.88. The summed E-state index contributed by atoms with van der Waals surface area (Å²) in [4.78, 5) is 4.35. The van der Waals surface area contributed by atoms with Crippen molar-refractivity contribution in [3.8, 4) is 11.4 Å². The van der Waals surface area contributed by atoms with Gasteiger partial charge in [0.05, 0.1) is 0 Å². The van der Waals surface area contributed by atoms with Crippen LogP contribution in [0.1, 0.15) is 26.2 Å². The van der Waals surface area contributed by atoms with E-state index in [0.717, 1.165) is 10.9 Å². The van der Waals surface area contributed by atoms with Crippen LogP contribution in [0.2, 0.25) is 0 Å². The summed E-state index contributed by atoms with van der Waals surface area (Å²) in [6.07, 6.45) is 1.66. The molecule has 1 unspecified atom stereocenters. The molecule has 0 fully saturated rings. The average molecular weight is 356 g/mol. The molecule has 0 saturated carbocycles. The predicted octanol–water partition coefficient (Wildman–Crippen LogP) is 3.80. The van der Waals surface area contributed by atoms with Crippen molar-refractivity contribution in [3.63, 3.8) is 0 Å². The third-order valence-corrected chi connectivity index (χ3v) is 3.93. The van der Waals surface area contributed by atoms with Gasteiger partial charge in [-0.1, -0.05) is 34.9 Å². The van der Waals surface area contributed by atoms with Gasteiger partial charge >= 0.3 is 0 Å². The summed E-state index contributed by atoms with van der Waals surface area (Å²) in [5.41, 5.74) is 6.37. The largest absolute Gasteiger partial charge is 0.339 e. The van der Waals surface area contributed by atoms with Crippen LogP contribution in [0, 0.1) is 17.7 Å². The number of halogens is 2. The Kier molecular flexibility index (Phi) is 5.47. The third kappa shape index (κ3) is 4.35. The first-order chi connectivity index (χ1) is 9.99. The Bertz CT molecular complexity index is 600. The zero-order valence-corrected chi connectivity index (χ0v) is 13.7. The Morgan fingerprint density at radius 2 is 2.14 bits per heavy atom. The molecule has 0 amide bonds. The maximum Gasteiger partial charge on any atom is 0.227 e. The highest BCUT2D eigenvalue weighted by Crippen LogP contribution is 2.27. The zero-order chi connectivity index (χ0) is 15.4. The Labute approximate surface area is 132 Å². The highest BCUT2D eigenvalue weighted by molar-refractivity contribution is 9.10. The maximum atomic E-state index is 13.3. The lowest BCUT2D eigenvalue weighted by Gasteiger charge is -2.14. The monoisotopic (exact) mass is 355 g/mol. The molecule has 114 valence electrons. The second-order valence-electron chi connectivity index (χ2n) is 5.57. The Morgan fingerprint density at radius 3 is 2.81 bits per heavy atom. The molecule has 1 atom stereocenters. The van der Waals surface area contributed by atoms with Gasteiger partial charge in [-0.05, 0) is 43.0 Å². The number of nitrogens with two attached hydrogens (primary N) is 1. The van der Waals surface area contributed by atoms with Crippen molar-refractivity contribution in [2.24, 2.45) is 17.6 Å². The Balaban J connectivity index is 2.16. The van der Waals surface area contributed by atoms with Crippen molar-refractivity contribution in [1.29, 1.82) is 0 Å². The Morgan fingerprint density at radius 1 is 1.38 bits per heavy atom. The van der Waals surface area contributed by atoms with Crippen molar-refractivity contribution < 1.29 is 8.91 Å². The van der Waals surface area contributed by atoms with Gasteiger partial charge < -0.3 is 10.3 Å². The molecule has 2 aromatic rings. The van der Waals surface area contributed by atoms with Gasteiger partial charge in [0.15, 0.2) is 0 Å². The second kappa shape index (κ2) is 7.13. The van der Waals surface area contributed by atoms with Crippen LogP contribution in [0.5, 0.6) is 0 Å². The zero-order valence-electron chi connectivity index (χ0n) is 12.1. The second-order valence-corrected chi connectivity index (χ2v) is 6.43. The van der Waals surface area contributed by atoms with Crippen molar-refractivity contribution in [3.05, 3.63) is 34.4 Å². The van der Waals surface area contributed by atoms with E-state index in [4.69, 9.17) is 10.3 Å². The summed E-state index contributed by atoms with van der Waals surface area (Å²) in [5, 5.41) is 3.93. The van der Waals surface area contributed by atoms with E-state index in [1.807, 2.05) is 0 Å². The van der Waals surface area contributed by atoms with Crippen molar-refractivity contribution in [2.75, 3.05) is 6.54 Å². The van der Waals surface area contributed by atoms with E-state index in [-0.39, 0.29) is 5.82 Å². The standard InChI is InChI=1S/C15H19BrFN3O/c1-9(2)5-10(8-18)6-14-19-15(20-21-14)12-7-11(17)3-4-13(12)16/h3-4,7,9-10H,5-6,8,18H2,1-2H3. The number of rotatable bonds is 6. The summed E-state index contributed by atoms with van der Waals surface area (Å²) in [7, 11) is 0. The molecule has 0 aliphatic carbocycles. The molecule has 0 bridgehead atoms. The van der Waals surface area contributed by atoms with Crippen molar-refractivity contribution >= 4 is 15.9 Å². The molecule has 0 aliphatic rings. The molecule has 0 spiro atoms. The minimum absolute atomic E-state index is 0.314. The topological polar surface area (TPSA) is 64.9 Å². The van der Waals surface area contributed by atoms with Crippen LogP contribution in [0.15, 0.2) is 27.2 Å². The van der Waals surface area contributed by atoms with Gasteiger partial charge in [-0.2, -0.15) is 4.98 Å². The van der Waals surface area contributed by atoms with Gasteiger partial charge in [-0.3, -0.25) is 0 Å². The van der Waals surface area contributed by atoms with E-state index in [0.29, 0.717) is 42.1 Å². The molecule has 0 radical (unpaired) electrons. The predicted molar refractivity (Wildman–Crippen MR) is 83.1 cm³/mol. The van der Waals surface area contributed by atoms with E-state index in [9.17, 15) is 4.39 Å². The minimum atomic E-state index is -0.334. The highest BCUT2D eigenvalue weighted by Gasteiger charge is 2.17. The van der Waals surface area contributed by atoms with Gasteiger partial charge in [0, 0.05) is 16.5 Å². The molecule has 1 aromatic carbocycles. The first-order valence-corrected chi connectivity index (χ1v) is 7.77. The lowest BCUT2D eigenvalue weighted by atomic mass is 9.94. The molecular weight excluding hydrogens is 337 g/mol. The molecule has 6 heteroatoms. The Hall–Kier alpha value is -1.27. The molecule has 0 saturated heterocycles. The fourth-order valence-corrected chi connectivity index (χ4v) is 2.72. The van der Waals surface area contributed by atoms with E-state index in [1.165, 1.54) is 12.1 Å². The van der Waals surface area contributed by atoms with Gasteiger partial charge in [0.25, 0.3) is 0 Å². The minimum Gasteiger partial charge on any atom is -0.339 e. The molecule has 1 heterocycles. The molecule has 1 aromatic heterocycles. The van der Waals surface area contributed by atoms with Gasteiger partial charge in [0.1, 0.15) is 5.82 Å². The maximum absolute atomic E-state index is 13.3. The number of benzene rings is 1. The molecule has 2 N–H and O–H groups in total. The van der Waals surface area contributed by atoms with Crippen LogP contribution >= 0.6 is 15.9 Å². The summed E-state index contributed by atoms with van der Waals surface area (Å²) < 4.78 is 19.3. The van der Waals surface area contributed by atoms with Crippen molar-refractivity contribution in [2.45, 2.75) is 26.7 Å². The third-order valence-electron chi connectivity index (χ3n) is 3.24. The van der Waals surface area contributed by atoms with Crippen molar-refractivity contribution in [1.82, 2.24) is 10.1 Å². The quantitative estimate of drug-likeness (QED) is 0.855. The lowest BCUT2D eigenvalue weighted by Crippen LogP contribution is -2.19. The SMILES string of the molecule is CC(C)CC(CN)Cc1nc(-c2cc(F)ccc2Br)no1. The summed E-state index contributed by atoms with van der Waals surface area (Å²) in [5.74, 6) is 1.47. The normalized spacial score (nSPS) is 12.9.